The predicted octanol–water partition coefficient (Wildman–Crippen LogP) is 5.99. The molecule has 98 valence electrons. The molecule has 0 atom stereocenters. The van der Waals surface area contributed by atoms with Crippen LogP contribution in [0.25, 0.3) is 0 Å². The van der Waals surface area contributed by atoms with Crippen molar-refractivity contribution in [3.63, 3.8) is 0 Å². The van der Waals surface area contributed by atoms with E-state index in [0.29, 0.717) is 0 Å². The van der Waals surface area contributed by atoms with Gasteiger partial charge in [-0.25, -0.2) is 0 Å². The van der Waals surface area contributed by atoms with Gasteiger partial charge < -0.3 is 0 Å². The van der Waals surface area contributed by atoms with Crippen LogP contribution in [0.3, 0.4) is 0 Å². The van der Waals surface area contributed by atoms with Crippen molar-refractivity contribution in [2.75, 3.05) is 0 Å². The molecule has 0 amide bonds. The van der Waals surface area contributed by atoms with Crippen LogP contribution in [0, 0.1) is 0 Å². The van der Waals surface area contributed by atoms with E-state index in [9.17, 15) is 0 Å². The minimum absolute atomic E-state index is 1.27. The first-order valence-corrected chi connectivity index (χ1v) is 8.10. The minimum atomic E-state index is 1.27. The molecule has 0 fully saturated rings. The largest absolute Gasteiger partial charge is 0.0889 e. The van der Waals surface area contributed by atoms with Gasteiger partial charge in [-0.2, -0.15) is 0 Å². The summed E-state index contributed by atoms with van der Waals surface area (Å²) in [7, 11) is 0. The minimum Gasteiger partial charge on any atom is -0.0889 e. The molecule has 0 N–H and O–H groups in total. The lowest BCUT2D eigenvalue weighted by Gasteiger charge is -2.08. The summed E-state index contributed by atoms with van der Waals surface area (Å²) in [6.07, 6.45) is 0. The Morgan fingerprint density at radius 3 is 1.15 bits per heavy atom. The SMILES string of the molecule is c1ccc(Sc2ccccc2Sc2ccccc2)cc1. The zero-order chi connectivity index (χ0) is 13.6. The maximum absolute atomic E-state index is 2.18. The third-order valence-corrected chi connectivity index (χ3v) is 5.09. The smallest absolute Gasteiger partial charge is 0.0261 e. The van der Waals surface area contributed by atoms with Gasteiger partial charge in [-0.1, -0.05) is 72.1 Å². The second-order valence-corrected chi connectivity index (χ2v) is 6.51. The first kappa shape index (κ1) is 13.3. The summed E-state index contributed by atoms with van der Waals surface area (Å²) in [5.74, 6) is 0. The summed E-state index contributed by atoms with van der Waals surface area (Å²) < 4.78 is 0. The quantitative estimate of drug-likeness (QED) is 0.579. The number of benzene rings is 3. The van der Waals surface area contributed by atoms with Gasteiger partial charge in [0.05, 0.1) is 0 Å². The zero-order valence-electron chi connectivity index (χ0n) is 10.9. The highest BCUT2D eigenvalue weighted by Gasteiger charge is 2.05. The Morgan fingerprint density at radius 1 is 0.400 bits per heavy atom. The third kappa shape index (κ3) is 3.47. The summed E-state index contributed by atoms with van der Waals surface area (Å²) >= 11 is 3.63. The molecule has 0 spiro atoms. The average Bonchev–Trinajstić information content (AvgIpc) is 2.51. The van der Waals surface area contributed by atoms with E-state index in [1.807, 2.05) is 23.5 Å². The van der Waals surface area contributed by atoms with Crippen molar-refractivity contribution in [3.05, 3.63) is 84.9 Å². The normalized spacial score (nSPS) is 10.4. The molecular weight excluding hydrogens is 280 g/mol. The lowest BCUT2D eigenvalue weighted by atomic mass is 10.4. The van der Waals surface area contributed by atoms with Crippen molar-refractivity contribution in [2.24, 2.45) is 0 Å². The molecule has 0 aliphatic carbocycles. The lowest BCUT2D eigenvalue weighted by Crippen LogP contribution is -1.79. The Bertz CT molecular complexity index is 603. The van der Waals surface area contributed by atoms with E-state index in [1.165, 1.54) is 19.6 Å². The van der Waals surface area contributed by atoms with Crippen molar-refractivity contribution in [2.45, 2.75) is 19.6 Å². The van der Waals surface area contributed by atoms with Gasteiger partial charge in [0, 0.05) is 19.6 Å². The highest BCUT2D eigenvalue weighted by Crippen LogP contribution is 2.38. The molecule has 0 heterocycles. The van der Waals surface area contributed by atoms with E-state index in [1.54, 1.807) is 0 Å². The van der Waals surface area contributed by atoms with Crippen LogP contribution in [-0.4, -0.2) is 0 Å². The van der Waals surface area contributed by atoms with Crippen LogP contribution in [0.5, 0.6) is 0 Å². The van der Waals surface area contributed by atoms with E-state index in [4.69, 9.17) is 0 Å². The van der Waals surface area contributed by atoms with Gasteiger partial charge in [-0.05, 0) is 36.4 Å². The van der Waals surface area contributed by atoms with Gasteiger partial charge in [0.15, 0.2) is 0 Å². The van der Waals surface area contributed by atoms with Crippen molar-refractivity contribution < 1.29 is 0 Å². The second-order valence-electron chi connectivity index (χ2n) is 4.28. The molecule has 0 unspecified atom stereocenters. The van der Waals surface area contributed by atoms with E-state index in [0.717, 1.165) is 0 Å². The van der Waals surface area contributed by atoms with E-state index in [-0.39, 0.29) is 0 Å². The molecule has 3 aromatic rings. The molecule has 0 radical (unpaired) electrons. The van der Waals surface area contributed by atoms with Crippen LogP contribution in [0.15, 0.2) is 105 Å². The molecule has 3 rings (SSSR count). The lowest BCUT2D eigenvalue weighted by molar-refractivity contribution is 1.23. The maximum atomic E-state index is 2.18. The van der Waals surface area contributed by atoms with Gasteiger partial charge in [-0.3, -0.25) is 0 Å². The van der Waals surface area contributed by atoms with Crippen LogP contribution >= 0.6 is 23.5 Å². The highest BCUT2D eigenvalue weighted by molar-refractivity contribution is 8.02. The van der Waals surface area contributed by atoms with Gasteiger partial charge in [0.1, 0.15) is 0 Å². The van der Waals surface area contributed by atoms with Gasteiger partial charge in [0.25, 0.3) is 0 Å². The van der Waals surface area contributed by atoms with Crippen molar-refractivity contribution in [1.29, 1.82) is 0 Å². The van der Waals surface area contributed by atoms with Crippen LogP contribution in [-0.2, 0) is 0 Å². The van der Waals surface area contributed by atoms with Crippen LogP contribution in [0.2, 0.25) is 0 Å². The Labute approximate surface area is 128 Å². The van der Waals surface area contributed by atoms with Crippen LogP contribution < -0.4 is 0 Å². The molecule has 3 aromatic carbocycles. The topological polar surface area (TPSA) is 0 Å². The Balaban J connectivity index is 1.85. The van der Waals surface area contributed by atoms with Crippen molar-refractivity contribution >= 4 is 23.5 Å². The Hall–Kier alpha value is -1.64. The summed E-state index contributed by atoms with van der Waals surface area (Å²) in [5, 5.41) is 0. The van der Waals surface area contributed by atoms with Crippen LogP contribution in [0.1, 0.15) is 0 Å². The summed E-state index contributed by atoms with van der Waals surface area (Å²) in [6, 6.07) is 29.6. The second kappa shape index (κ2) is 6.69. The molecule has 0 nitrogen and oxygen atoms in total. The van der Waals surface area contributed by atoms with Crippen molar-refractivity contribution in [3.8, 4) is 0 Å². The van der Waals surface area contributed by atoms with E-state index < -0.39 is 0 Å². The first-order chi connectivity index (χ1) is 9.92. The fourth-order valence-electron chi connectivity index (χ4n) is 1.85. The molecule has 0 bridgehead atoms. The molecule has 0 saturated carbocycles. The Kier molecular flexibility index (Phi) is 4.46. The molecule has 0 aliphatic rings. The standard InChI is InChI=1S/C18H14S2/c1-3-9-15(10-4-1)19-17-13-7-8-14-18(17)20-16-11-5-2-6-12-16/h1-14H. The molecule has 2 heteroatoms. The molecule has 0 aliphatic heterocycles. The van der Waals surface area contributed by atoms with E-state index >= 15 is 0 Å². The first-order valence-electron chi connectivity index (χ1n) is 6.47. The summed E-state index contributed by atoms with van der Waals surface area (Å²) in [5.41, 5.74) is 0. The van der Waals surface area contributed by atoms with E-state index in [2.05, 4.69) is 84.9 Å². The molecule has 0 saturated heterocycles. The Morgan fingerprint density at radius 2 is 0.750 bits per heavy atom. The molecule has 20 heavy (non-hydrogen) atoms. The maximum Gasteiger partial charge on any atom is 0.0261 e. The third-order valence-electron chi connectivity index (χ3n) is 2.79. The predicted molar refractivity (Wildman–Crippen MR) is 87.6 cm³/mol. The number of hydrogen-bond acceptors (Lipinski definition) is 2. The summed E-state index contributed by atoms with van der Waals surface area (Å²) in [6.45, 7) is 0. The average molecular weight is 294 g/mol. The van der Waals surface area contributed by atoms with Crippen LogP contribution in [0.4, 0.5) is 0 Å². The molecular formula is C18H14S2. The van der Waals surface area contributed by atoms with Gasteiger partial charge in [0.2, 0.25) is 0 Å². The monoisotopic (exact) mass is 294 g/mol. The highest BCUT2D eigenvalue weighted by atomic mass is 32.2. The number of rotatable bonds is 4. The number of hydrogen-bond donors (Lipinski definition) is 0. The zero-order valence-corrected chi connectivity index (χ0v) is 12.5. The fourth-order valence-corrected chi connectivity index (χ4v) is 3.82. The molecule has 0 aromatic heterocycles. The fraction of sp³-hybridized carbons (Fsp3) is 0. The van der Waals surface area contributed by atoms with Crippen molar-refractivity contribution in [1.82, 2.24) is 0 Å². The van der Waals surface area contributed by atoms with Gasteiger partial charge >= 0.3 is 0 Å². The summed E-state index contributed by atoms with van der Waals surface area (Å²) in [4.78, 5) is 5.14. The van der Waals surface area contributed by atoms with Gasteiger partial charge in [-0.15, -0.1) is 0 Å².